The van der Waals surface area contributed by atoms with Crippen LogP contribution in [0.4, 0.5) is 0 Å². The van der Waals surface area contributed by atoms with Crippen LogP contribution in [0.3, 0.4) is 0 Å². The molecule has 3 fully saturated rings. The molecule has 2 aromatic carbocycles. The Labute approximate surface area is 184 Å². The van der Waals surface area contributed by atoms with Gasteiger partial charge in [-0.2, -0.15) is 0 Å². The Morgan fingerprint density at radius 1 is 0.733 bits per heavy atom. The number of benzene rings is 2. The Morgan fingerprint density at radius 2 is 1.10 bits per heavy atom. The normalized spacial score (nSPS) is 23.9. The van der Waals surface area contributed by atoms with Crippen LogP contribution in [-0.4, -0.2) is 36.1 Å². The summed E-state index contributed by atoms with van der Waals surface area (Å²) < 4.78 is 11.0. The first-order valence-corrected chi connectivity index (χ1v) is 10.5. The van der Waals surface area contributed by atoms with Crippen molar-refractivity contribution in [3.63, 3.8) is 0 Å². The monoisotopic (exact) mass is 448 g/mol. The summed E-state index contributed by atoms with van der Waals surface area (Å²) in [5.41, 5.74) is -0.518. The zero-order valence-electron chi connectivity index (χ0n) is 16.3. The SMILES string of the molecule is O=C(COc1ccc(Cl)cc1)NC12CCC(NC(=O)COc3ccc(Cl)cc3)(C1)C2. The van der Waals surface area contributed by atoms with Gasteiger partial charge in [-0.25, -0.2) is 0 Å². The van der Waals surface area contributed by atoms with Crippen molar-refractivity contribution < 1.29 is 19.1 Å². The largest absolute Gasteiger partial charge is 0.484 e. The van der Waals surface area contributed by atoms with E-state index in [-0.39, 0.29) is 36.1 Å². The average Bonchev–Trinajstić information content (AvgIpc) is 3.21. The molecule has 3 saturated carbocycles. The molecule has 0 aliphatic heterocycles. The maximum Gasteiger partial charge on any atom is 0.258 e. The number of nitrogens with one attached hydrogen (secondary N) is 2. The Morgan fingerprint density at radius 3 is 1.47 bits per heavy atom. The van der Waals surface area contributed by atoms with E-state index in [0.717, 1.165) is 25.7 Å². The second-order valence-corrected chi connectivity index (χ2v) is 8.87. The van der Waals surface area contributed by atoms with Gasteiger partial charge in [0.05, 0.1) is 0 Å². The molecule has 0 aromatic heterocycles. The van der Waals surface area contributed by atoms with Crippen LogP contribution >= 0.6 is 23.2 Å². The van der Waals surface area contributed by atoms with Gasteiger partial charge in [0, 0.05) is 21.1 Å². The predicted octanol–water partition coefficient (Wildman–Crippen LogP) is 3.75. The van der Waals surface area contributed by atoms with E-state index in [1.165, 1.54) is 0 Å². The Bertz CT molecular complexity index is 850. The van der Waals surface area contributed by atoms with Crippen LogP contribution in [0.15, 0.2) is 48.5 Å². The van der Waals surface area contributed by atoms with Crippen molar-refractivity contribution in [3.05, 3.63) is 58.6 Å². The van der Waals surface area contributed by atoms with E-state index in [0.29, 0.717) is 21.5 Å². The lowest BCUT2D eigenvalue weighted by atomic mass is 9.71. The minimum absolute atomic E-state index is 0.0579. The molecule has 158 valence electrons. The minimum Gasteiger partial charge on any atom is -0.484 e. The van der Waals surface area contributed by atoms with Gasteiger partial charge in [-0.15, -0.1) is 0 Å². The lowest BCUT2D eigenvalue weighted by molar-refractivity contribution is -0.128. The second-order valence-electron chi connectivity index (χ2n) is 8.00. The molecule has 0 radical (unpaired) electrons. The van der Waals surface area contributed by atoms with Gasteiger partial charge in [-0.1, -0.05) is 23.2 Å². The lowest BCUT2D eigenvalue weighted by Gasteiger charge is -2.48. The van der Waals surface area contributed by atoms with E-state index in [1.807, 2.05) is 0 Å². The summed E-state index contributed by atoms with van der Waals surface area (Å²) in [6.45, 7) is -0.116. The van der Waals surface area contributed by atoms with Gasteiger partial charge in [-0.3, -0.25) is 9.59 Å². The van der Waals surface area contributed by atoms with E-state index in [2.05, 4.69) is 10.6 Å². The molecule has 3 aliphatic carbocycles. The molecule has 30 heavy (non-hydrogen) atoms. The minimum atomic E-state index is -0.259. The zero-order chi connectivity index (χ0) is 21.2. The van der Waals surface area contributed by atoms with Gasteiger partial charge < -0.3 is 20.1 Å². The summed E-state index contributed by atoms with van der Waals surface area (Å²) in [4.78, 5) is 24.6. The topological polar surface area (TPSA) is 76.7 Å². The van der Waals surface area contributed by atoms with E-state index in [1.54, 1.807) is 48.5 Å². The van der Waals surface area contributed by atoms with Crippen LogP contribution in [0.1, 0.15) is 25.7 Å². The quantitative estimate of drug-likeness (QED) is 0.644. The molecule has 8 heteroatoms. The van der Waals surface area contributed by atoms with Gasteiger partial charge in [0.1, 0.15) is 11.5 Å². The fourth-order valence-electron chi connectivity index (χ4n) is 4.40. The molecule has 0 spiro atoms. The standard InChI is InChI=1S/C22H22Cl2N2O4/c23-15-1-5-17(6-2-15)29-11-19(27)25-21-9-10-22(13-21,14-21)26-20(28)12-30-18-7-3-16(24)4-8-18/h1-8H,9-14H2,(H,25,27)(H,26,28). The van der Waals surface area contributed by atoms with Crippen LogP contribution < -0.4 is 20.1 Å². The highest BCUT2D eigenvalue weighted by atomic mass is 35.5. The van der Waals surface area contributed by atoms with Crippen LogP contribution in [0.5, 0.6) is 11.5 Å². The molecular formula is C22H22Cl2N2O4. The molecule has 3 aliphatic rings. The van der Waals surface area contributed by atoms with Crippen molar-refractivity contribution in [1.82, 2.24) is 10.6 Å². The summed E-state index contributed by atoms with van der Waals surface area (Å²) in [6.07, 6.45) is 3.11. The third kappa shape index (κ3) is 4.82. The zero-order valence-corrected chi connectivity index (χ0v) is 17.8. The smallest absolute Gasteiger partial charge is 0.258 e. The fourth-order valence-corrected chi connectivity index (χ4v) is 4.65. The summed E-state index contributed by atoms with van der Waals surface area (Å²) in [6, 6.07) is 13.7. The first kappa shape index (κ1) is 20.8. The van der Waals surface area contributed by atoms with Crippen molar-refractivity contribution in [3.8, 4) is 11.5 Å². The van der Waals surface area contributed by atoms with Gasteiger partial charge in [0.2, 0.25) is 0 Å². The fraction of sp³-hybridized carbons (Fsp3) is 0.364. The molecule has 2 bridgehead atoms. The van der Waals surface area contributed by atoms with E-state index < -0.39 is 0 Å². The first-order valence-electron chi connectivity index (χ1n) is 9.74. The molecule has 0 heterocycles. The maximum absolute atomic E-state index is 12.3. The van der Waals surface area contributed by atoms with E-state index in [9.17, 15) is 9.59 Å². The molecule has 2 N–H and O–H groups in total. The molecule has 2 amide bonds. The third-order valence-corrected chi connectivity index (χ3v) is 6.12. The number of hydrogen-bond acceptors (Lipinski definition) is 4. The van der Waals surface area contributed by atoms with Gasteiger partial charge in [0.15, 0.2) is 13.2 Å². The summed E-state index contributed by atoms with van der Waals surface area (Å²) in [5.74, 6) is 0.847. The summed E-state index contributed by atoms with van der Waals surface area (Å²) in [5, 5.41) is 7.39. The summed E-state index contributed by atoms with van der Waals surface area (Å²) in [7, 11) is 0. The van der Waals surface area contributed by atoms with Crippen LogP contribution in [0.2, 0.25) is 10.0 Å². The van der Waals surface area contributed by atoms with Crippen LogP contribution in [-0.2, 0) is 9.59 Å². The van der Waals surface area contributed by atoms with Crippen molar-refractivity contribution in [2.24, 2.45) is 0 Å². The summed E-state index contributed by atoms with van der Waals surface area (Å²) >= 11 is 11.7. The highest BCUT2D eigenvalue weighted by molar-refractivity contribution is 6.30. The average molecular weight is 449 g/mol. The molecule has 6 nitrogen and oxygen atoms in total. The molecule has 0 atom stereocenters. The highest BCUT2D eigenvalue weighted by Gasteiger charge is 2.62. The van der Waals surface area contributed by atoms with E-state index in [4.69, 9.17) is 32.7 Å². The number of hydrogen-bond donors (Lipinski definition) is 2. The molecule has 0 unspecified atom stereocenters. The number of carbonyl (C=O) groups is 2. The molecule has 0 saturated heterocycles. The van der Waals surface area contributed by atoms with E-state index >= 15 is 0 Å². The van der Waals surface area contributed by atoms with Crippen molar-refractivity contribution in [2.75, 3.05) is 13.2 Å². The maximum atomic E-state index is 12.3. The highest BCUT2D eigenvalue weighted by Crippen LogP contribution is 2.55. The third-order valence-electron chi connectivity index (χ3n) is 5.61. The van der Waals surface area contributed by atoms with Gasteiger partial charge in [0.25, 0.3) is 11.8 Å². The second kappa shape index (κ2) is 8.36. The van der Waals surface area contributed by atoms with Crippen LogP contribution in [0.25, 0.3) is 0 Å². The first-order chi connectivity index (χ1) is 14.4. The number of fused-ring (bicyclic) bond motifs is 1. The number of ether oxygens (including phenoxy) is 2. The predicted molar refractivity (Wildman–Crippen MR) is 114 cm³/mol. The van der Waals surface area contributed by atoms with Crippen molar-refractivity contribution in [1.29, 1.82) is 0 Å². The lowest BCUT2D eigenvalue weighted by Crippen LogP contribution is -2.65. The molecular weight excluding hydrogens is 427 g/mol. The number of carbonyl (C=O) groups excluding carboxylic acids is 2. The Kier molecular flexibility index (Phi) is 5.80. The number of halogens is 2. The van der Waals surface area contributed by atoms with Crippen molar-refractivity contribution >= 4 is 35.0 Å². The van der Waals surface area contributed by atoms with Crippen molar-refractivity contribution in [2.45, 2.75) is 36.8 Å². The molecule has 2 aromatic rings. The molecule has 5 rings (SSSR count). The van der Waals surface area contributed by atoms with Gasteiger partial charge in [-0.05, 0) is 74.2 Å². The number of rotatable bonds is 8. The Balaban J connectivity index is 1.20. The van der Waals surface area contributed by atoms with Gasteiger partial charge >= 0.3 is 0 Å². The number of amides is 2. The van der Waals surface area contributed by atoms with Crippen LogP contribution in [0, 0.1) is 0 Å². The Hall–Kier alpha value is -2.44.